The fourth-order valence-electron chi connectivity index (χ4n) is 1.51. The molecule has 0 saturated heterocycles. The van der Waals surface area contributed by atoms with Crippen LogP contribution in [-0.2, 0) is 0 Å². The van der Waals surface area contributed by atoms with Crippen LogP contribution in [0.1, 0.15) is 30.7 Å². The summed E-state index contributed by atoms with van der Waals surface area (Å²) in [6.07, 6.45) is 7.96. The second-order valence-electron chi connectivity index (χ2n) is 3.84. The van der Waals surface area contributed by atoms with E-state index in [4.69, 9.17) is 4.74 Å². The lowest BCUT2D eigenvalue weighted by Gasteiger charge is -2.11. The summed E-state index contributed by atoms with van der Waals surface area (Å²) in [5, 5.41) is 10.1. The van der Waals surface area contributed by atoms with Gasteiger partial charge in [0.05, 0.1) is 24.7 Å². The topological polar surface area (TPSA) is 68.1 Å². The highest BCUT2D eigenvalue weighted by atomic mass is 16.5. The lowest BCUT2D eigenvalue weighted by atomic mass is 10.1. The van der Waals surface area contributed by atoms with Gasteiger partial charge < -0.3 is 9.84 Å². The molecule has 1 atom stereocenters. The van der Waals surface area contributed by atoms with Crippen LogP contribution in [0.25, 0.3) is 0 Å². The number of aliphatic hydroxyl groups excluding tert-OH is 1. The summed E-state index contributed by atoms with van der Waals surface area (Å²) in [7, 11) is 0. The summed E-state index contributed by atoms with van der Waals surface area (Å²) >= 11 is 0. The first kappa shape index (κ1) is 12.4. The molecule has 1 N–H and O–H groups in total. The molecular formula is C13H15N3O2. The van der Waals surface area contributed by atoms with E-state index in [1.54, 1.807) is 30.9 Å². The number of pyridine rings is 1. The van der Waals surface area contributed by atoms with Crippen molar-refractivity contribution in [2.45, 2.75) is 19.4 Å². The molecule has 0 aromatic carbocycles. The molecule has 18 heavy (non-hydrogen) atoms. The first-order valence-corrected chi connectivity index (χ1v) is 5.83. The van der Waals surface area contributed by atoms with Gasteiger partial charge in [0.2, 0.25) is 0 Å². The number of hydrogen-bond donors (Lipinski definition) is 1. The van der Waals surface area contributed by atoms with E-state index in [-0.39, 0.29) is 0 Å². The Morgan fingerprint density at radius 1 is 1.22 bits per heavy atom. The number of hydrogen-bond acceptors (Lipinski definition) is 5. The highest BCUT2D eigenvalue weighted by Crippen LogP contribution is 2.22. The largest absolute Gasteiger partial charge is 0.492 e. The van der Waals surface area contributed by atoms with Crippen molar-refractivity contribution in [2.75, 3.05) is 6.61 Å². The highest BCUT2D eigenvalue weighted by Gasteiger charge is 2.13. The van der Waals surface area contributed by atoms with Crippen molar-refractivity contribution in [1.82, 2.24) is 15.0 Å². The van der Waals surface area contributed by atoms with E-state index < -0.39 is 6.10 Å². The Labute approximate surface area is 106 Å². The molecule has 2 aromatic heterocycles. The number of nitrogens with zero attached hydrogens (tertiary/aromatic N) is 3. The molecule has 0 spiro atoms. The fourth-order valence-corrected chi connectivity index (χ4v) is 1.51. The molecule has 0 radical (unpaired) electrons. The maximum atomic E-state index is 10.1. The normalized spacial score (nSPS) is 12.1. The van der Waals surface area contributed by atoms with Crippen molar-refractivity contribution in [2.24, 2.45) is 0 Å². The van der Waals surface area contributed by atoms with Crippen LogP contribution in [0.15, 0.2) is 37.1 Å². The van der Waals surface area contributed by atoms with Crippen LogP contribution in [-0.4, -0.2) is 26.7 Å². The standard InChI is InChI=1S/C13H15N3O2/c1-2-5-18-11-6-10(7-15-8-11)13(17)12-9-14-3-4-16-12/h3-4,6-9,13,17H,2,5H2,1H3. The molecule has 5 heteroatoms. The van der Waals surface area contributed by atoms with Crippen molar-refractivity contribution >= 4 is 0 Å². The number of rotatable bonds is 5. The fraction of sp³-hybridized carbons (Fsp3) is 0.308. The second kappa shape index (κ2) is 6.07. The number of ether oxygens (including phenoxy) is 1. The van der Waals surface area contributed by atoms with E-state index in [2.05, 4.69) is 15.0 Å². The Morgan fingerprint density at radius 3 is 2.83 bits per heavy atom. The van der Waals surface area contributed by atoms with Crippen molar-refractivity contribution in [3.05, 3.63) is 48.3 Å². The Kier molecular flexibility index (Phi) is 4.20. The van der Waals surface area contributed by atoms with Gasteiger partial charge in [-0.05, 0) is 12.5 Å². The van der Waals surface area contributed by atoms with E-state index in [0.29, 0.717) is 23.6 Å². The van der Waals surface area contributed by atoms with Gasteiger partial charge in [0.1, 0.15) is 11.9 Å². The van der Waals surface area contributed by atoms with Gasteiger partial charge >= 0.3 is 0 Å². The lowest BCUT2D eigenvalue weighted by Crippen LogP contribution is -2.04. The smallest absolute Gasteiger partial charge is 0.137 e. The van der Waals surface area contributed by atoms with Crippen LogP contribution in [0.5, 0.6) is 5.75 Å². The third-order valence-electron chi connectivity index (χ3n) is 2.39. The van der Waals surface area contributed by atoms with E-state index in [1.165, 1.54) is 6.20 Å². The van der Waals surface area contributed by atoms with Gasteiger partial charge in [-0.2, -0.15) is 0 Å². The maximum Gasteiger partial charge on any atom is 0.137 e. The average Bonchev–Trinajstić information content (AvgIpc) is 2.45. The molecule has 0 fully saturated rings. The van der Waals surface area contributed by atoms with Gasteiger partial charge in [-0.3, -0.25) is 15.0 Å². The zero-order chi connectivity index (χ0) is 12.8. The molecule has 0 saturated carbocycles. The van der Waals surface area contributed by atoms with Crippen molar-refractivity contribution in [3.63, 3.8) is 0 Å². The SMILES string of the molecule is CCCOc1cncc(C(O)c2cnccn2)c1. The number of aromatic nitrogens is 3. The van der Waals surface area contributed by atoms with Gasteiger partial charge in [0, 0.05) is 24.2 Å². The van der Waals surface area contributed by atoms with E-state index in [9.17, 15) is 5.11 Å². The van der Waals surface area contributed by atoms with Crippen molar-refractivity contribution < 1.29 is 9.84 Å². The summed E-state index contributed by atoms with van der Waals surface area (Å²) in [5.74, 6) is 0.650. The van der Waals surface area contributed by atoms with Gasteiger partial charge in [0.25, 0.3) is 0 Å². The van der Waals surface area contributed by atoms with Gasteiger partial charge in [-0.25, -0.2) is 0 Å². The molecule has 0 amide bonds. The molecule has 1 unspecified atom stereocenters. The van der Waals surface area contributed by atoms with Crippen molar-refractivity contribution in [1.29, 1.82) is 0 Å². The Bertz CT molecular complexity index is 491. The second-order valence-corrected chi connectivity index (χ2v) is 3.84. The molecule has 2 aromatic rings. The summed E-state index contributed by atoms with van der Waals surface area (Å²) in [6, 6.07) is 1.77. The Morgan fingerprint density at radius 2 is 2.11 bits per heavy atom. The van der Waals surface area contributed by atoms with Crippen LogP contribution < -0.4 is 4.74 Å². The monoisotopic (exact) mass is 245 g/mol. The van der Waals surface area contributed by atoms with E-state index in [1.807, 2.05) is 6.92 Å². The summed E-state index contributed by atoms with van der Waals surface area (Å²) in [6.45, 7) is 2.66. The average molecular weight is 245 g/mol. The minimum Gasteiger partial charge on any atom is -0.492 e. The van der Waals surface area contributed by atoms with Crippen LogP contribution in [0.3, 0.4) is 0 Å². The van der Waals surface area contributed by atoms with Crippen LogP contribution in [0, 0.1) is 0 Å². The Balaban J connectivity index is 2.17. The van der Waals surface area contributed by atoms with Crippen LogP contribution in [0.2, 0.25) is 0 Å². The van der Waals surface area contributed by atoms with E-state index >= 15 is 0 Å². The maximum absolute atomic E-state index is 10.1. The molecule has 5 nitrogen and oxygen atoms in total. The predicted molar refractivity (Wildman–Crippen MR) is 66.1 cm³/mol. The first-order chi connectivity index (χ1) is 8.81. The summed E-state index contributed by atoms with van der Waals surface area (Å²) in [4.78, 5) is 12.0. The molecule has 0 aliphatic carbocycles. The zero-order valence-electron chi connectivity index (χ0n) is 10.2. The Hall–Kier alpha value is -2.01. The first-order valence-electron chi connectivity index (χ1n) is 5.83. The third kappa shape index (κ3) is 3.01. The molecular weight excluding hydrogens is 230 g/mol. The predicted octanol–water partition coefficient (Wildman–Crippen LogP) is 1.74. The zero-order valence-corrected chi connectivity index (χ0v) is 10.2. The summed E-state index contributed by atoms with van der Waals surface area (Å²) < 4.78 is 5.47. The van der Waals surface area contributed by atoms with Crippen LogP contribution in [0.4, 0.5) is 0 Å². The molecule has 2 heterocycles. The van der Waals surface area contributed by atoms with Crippen molar-refractivity contribution in [3.8, 4) is 5.75 Å². The summed E-state index contributed by atoms with van der Waals surface area (Å²) in [5.41, 5.74) is 1.14. The van der Waals surface area contributed by atoms with Gasteiger partial charge in [-0.1, -0.05) is 6.92 Å². The minimum absolute atomic E-state index is 0.493. The third-order valence-corrected chi connectivity index (χ3v) is 2.39. The number of aliphatic hydroxyl groups is 1. The lowest BCUT2D eigenvalue weighted by molar-refractivity contribution is 0.213. The molecule has 94 valence electrons. The van der Waals surface area contributed by atoms with Gasteiger partial charge in [-0.15, -0.1) is 0 Å². The van der Waals surface area contributed by atoms with Crippen LogP contribution >= 0.6 is 0 Å². The molecule has 0 aliphatic rings. The molecule has 0 aliphatic heterocycles. The molecule has 0 bridgehead atoms. The molecule has 2 rings (SSSR count). The minimum atomic E-state index is -0.837. The van der Waals surface area contributed by atoms with Gasteiger partial charge in [0.15, 0.2) is 0 Å². The van der Waals surface area contributed by atoms with E-state index in [0.717, 1.165) is 6.42 Å². The highest BCUT2D eigenvalue weighted by molar-refractivity contribution is 5.28. The quantitative estimate of drug-likeness (QED) is 0.869.